The molecule has 2 atom stereocenters. The Morgan fingerprint density at radius 3 is 2.69 bits per heavy atom. The minimum atomic E-state index is -0.139. The molecule has 1 nitrogen and oxygen atoms in total. The number of nitrogens with one attached hydrogen (secondary N) is 1. The summed E-state index contributed by atoms with van der Waals surface area (Å²) in [5, 5.41) is 3.60. The molecule has 1 fully saturated rings. The van der Waals surface area contributed by atoms with Crippen molar-refractivity contribution in [1.29, 1.82) is 0 Å². The predicted octanol–water partition coefficient (Wildman–Crippen LogP) is 3.46. The van der Waals surface area contributed by atoms with Crippen molar-refractivity contribution in [3.05, 3.63) is 35.6 Å². The number of benzene rings is 1. The molecular formula is C14H20FN. The van der Waals surface area contributed by atoms with E-state index in [9.17, 15) is 4.39 Å². The molecule has 0 aromatic heterocycles. The van der Waals surface area contributed by atoms with Crippen molar-refractivity contribution in [2.24, 2.45) is 0 Å². The van der Waals surface area contributed by atoms with E-state index >= 15 is 0 Å². The van der Waals surface area contributed by atoms with Crippen LogP contribution in [0.1, 0.15) is 44.1 Å². The van der Waals surface area contributed by atoms with Crippen molar-refractivity contribution >= 4 is 0 Å². The van der Waals surface area contributed by atoms with Crippen LogP contribution in [0, 0.1) is 5.82 Å². The molecule has 0 spiro atoms. The molecule has 2 unspecified atom stereocenters. The zero-order valence-electron chi connectivity index (χ0n) is 9.88. The molecule has 1 aromatic carbocycles. The van der Waals surface area contributed by atoms with Crippen LogP contribution in [0.5, 0.6) is 0 Å². The van der Waals surface area contributed by atoms with Crippen molar-refractivity contribution < 1.29 is 4.39 Å². The highest BCUT2D eigenvalue weighted by Gasteiger charge is 2.27. The smallest absolute Gasteiger partial charge is 0.123 e. The first-order valence-corrected chi connectivity index (χ1v) is 6.30. The van der Waals surface area contributed by atoms with Crippen LogP contribution in [0.4, 0.5) is 4.39 Å². The first-order chi connectivity index (χ1) is 7.81. The van der Waals surface area contributed by atoms with Gasteiger partial charge in [0.2, 0.25) is 0 Å². The maximum Gasteiger partial charge on any atom is 0.123 e. The van der Waals surface area contributed by atoms with Gasteiger partial charge >= 0.3 is 0 Å². The van der Waals surface area contributed by atoms with Crippen molar-refractivity contribution in [3.63, 3.8) is 0 Å². The van der Waals surface area contributed by atoms with Crippen molar-refractivity contribution in [1.82, 2.24) is 5.32 Å². The molecule has 2 heteroatoms. The molecule has 0 radical (unpaired) electrons. The molecule has 1 aromatic rings. The molecule has 16 heavy (non-hydrogen) atoms. The first kappa shape index (κ1) is 11.6. The average molecular weight is 221 g/mol. The standard InChI is InChI=1S/C14H20FN/c1-2-10-16-14-5-3-4-13(14)11-6-8-12(15)9-7-11/h6-9,13-14,16H,2-5,10H2,1H3. The lowest BCUT2D eigenvalue weighted by Gasteiger charge is -2.21. The topological polar surface area (TPSA) is 12.0 Å². The van der Waals surface area contributed by atoms with E-state index in [1.165, 1.54) is 31.2 Å². The quantitative estimate of drug-likeness (QED) is 0.821. The molecule has 2 rings (SSSR count). The van der Waals surface area contributed by atoms with Gasteiger partial charge in [0.1, 0.15) is 5.82 Å². The van der Waals surface area contributed by atoms with Gasteiger partial charge in [0.05, 0.1) is 0 Å². The van der Waals surface area contributed by atoms with Gasteiger partial charge in [0.25, 0.3) is 0 Å². The fourth-order valence-corrected chi connectivity index (χ4v) is 2.64. The Kier molecular flexibility index (Phi) is 3.94. The van der Waals surface area contributed by atoms with Gasteiger partial charge in [-0.2, -0.15) is 0 Å². The zero-order chi connectivity index (χ0) is 11.4. The third kappa shape index (κ3) is 2.62. The van der Waals surface area contributed by atoms with Crippen LogP contribution >= 0.6 is 0 Å². The van der Waals surface area contributed by atoms with Gasteiger partial charge in [0, 0.05) is 6.04 Å². The Bertz CT molecular complexity index is 320. The molecule has 0 aliphatic heterocycles. The Labute approximate surface area is 97.1 Å². The first-order valence-electron chi connectivity index (χ1n) is 6.30. The Hall–Kier alpha value is -0.890. The van der Waals surface area contributed by atoms with Gasteiger partial charge in [-0.05, 0) is 49.4 Å². The van der Waals surface area contributed by atoms with Crippen LogP contribution in [0.3, 0.4) is 0 Å². The minimum Gasteiger partial charge on any atom is -0.313 e. The summed E-state index contributed by atoms with van der Waals surface area (Å²) in [5.41, 5.74) is 1.28. The molecule has 1 aliphatic rings. The Morgan fingerprint density at radius 1 is 1.25 bits per heavy atom. The molecule has 0 bridgehead atoms. The molecular weight excluding hydrogens is 201 g/mol. The number of hydrogen-bond acceptors (Lipinski definition) is 1. The van der Waals surface area contributed by atoms with E-state index < -0.39 is 0 Å². The summed E-state index contributed by atoms with van der Waals surface area (Å²) in [6, 6.07) is 7.61. The van der Waals surface area contributed by atoms with Gasteiger partial charge < -0.3 is 5.32 Å². The molecule has 0 amide bonds. The summed E-state index contributed by atoms with van der Waals surface area (Å²) in [4.78, 5) is 0. The molecule has 1 N–H and O–H groups in total. The molecule has 1 aliphatic carbocycles. The zero-order valence-corrected chi connectivity index (χ0v) is 9.88. The van der Waals surface area contributed by atoms with E-state index in [2.05, 4.69) is 12.2 Å². The van der Waals surface area contributed by atoms with Gasteiger partial charge in [-0.3, -0.25) is 0 Å². The van der Waals surface area contributed by atoms with E-state index in [1.807, 2.05) is 12.1 Å². The fraction of sp³-hybridized carbons (Fsp3) is 0.571. The lowest BCUT2D eigenvalue weighted by atomic mass is 9.94. The third-order valence-corrected chi connectivity index (χ3v) is 3.47. The molecule has 0 heterocycles. The monoisotopic (exact) mass is 221 g/mol. The third-order valence-electron chi connectivity index (χ3n) is 3.47. The summed E-state index contributed by atoms with van der Waals surface area (Å²) in [7, 11) is 0. The van der Waals surface area contributed by atoms with Crippen LogP contribution in [-0.4, -0.2) is 12.6 Å². The van der Waals surface area contributed by atoms with Crippen molar-refractivity contribution in [3.8, 4) is 0 Å². The summed E-state index contributed by atoms with van der Waals surface area (Å²) in [5.74, 6) is 0.437. The van der Waals surface area contributed by atoms with Crippen LogP contribution in [0.2, 0.25) is 0 Å². The summed E-state index contributed by atoms with van der Waals surface area (Å²) >= 11 is 0. The highest BCUT2D eigenvalue weighted by molar-refractivity contribution is 5.23. The van der Waals surface area contributed by atoms with E-state index in [0.717, 1.165) is 6.54 Å². The van der Waals surface area contributed by atoms with Crippen molar-refractivity contribution in [2.75, 3.05) is 6.54 Å². The van der Waals surface area contributed by atoms with Crippen LogP contribution in [0.15, 0.2) is 24.3 Å². The van der Waals surface area contributed by atoms with E-state index in [-0.39, 0.29) is 5.82 Å². The number of rotatable bonds is 4. The lowest BCUT2D eigenvalue weighted by molar-refractivity contribution is 0.478. The largest absolute Gasteiger partial charge is 0.313 e. The highest BCUT2D eigenvalue weighted by Crippen LogP contribution is 2.34. The summed E-state index contributed by atoms with van der Waals surface area (Å²) < 4.78 is 12.9. The average Bonchev–Trinajstić information content (AvgIpc) is 2.75. The number of hydrogen-bond donors (Lipinski definition) is 1. The lowest BCUT2D eigenvalue weighted by Crippen LogP contribution is -2.31. The SMILES string of the molecule is CCCNC1CCCC1c1ccc(F)cc1. The van der Waals surface area contributed by atoms with E-state index in [4.69, 9.17) is 0 Å². The second-order valence-electron chi connectivity index (χ2n) is 4.65. The van der Waals surface area contributed by atoms with Crippen LogP contribution in [0.25, 0.3) is 0 Å². The van der Waals surface area contributed by atoms with Crippen LogP contribution < -0.4 is 5.32 Å². The fourth-order valence-electron chi connectivity index (χ4n) is 2.64. The van der Waals surface area contributed by atoms with Gasteiger partial charge in [-0.1, -0.05) is 25.5 Å². The molecule has 1 saturated carbocycles. The van der Waals surface area contributed by atoms with Crippen LogP contribution in [-0.2, 0) is 0 Å². The Morgan fingerprint density at radius 2 is 2.00 bits per heavy atom. The maximum absolute atomic E-state index is 12.9. The van der Waals surface area contributed by atoms with Gasteiger partial charge in [0.15, 0.2) is 0 Å². The van der Waals surface area contributed by atoms with Gasteiger partial charge in [-0.15, -0.1) is 0 Å². The van der Waals surface area contributed by atoms with Crippen molar-refractivity contribution in [2.45, 2.75) is 44.6 Å². The van der Waals surface area contributed by atoms with Gasteiger partial charge in [-0.25, -0.2) is 4.39 Å². The predicted molar refractivity (Wildman–Crippen MR) is 65.1 cm³/mol. The minimum absolute atomic E-state index is 0.139. The summed E-state index contributed by atoms with van der Waals surface area (Å²) in [6.07, 6.45) is 4.94. The highest BCUT2D eigenvalue weighted by atomic mass is 19.1. The second kappa shape index (κ2) is 5.44. The molecule has 88 valence electrons. The maximum atomic E-state index is 12.9. The second-order valence-corrected chi connectivity index (χ2v) is 4.65. The summed E-state index contributed by atoms with van der Waals surface area (Å²) in [6.45, 7) is 3.28. The van der Waals surface area contributed by atoms with E-state index in [0.29, 0.717) is 12.0 Å². The molecule has 0 saturated heterocycles. The number of halogens is 1. The van der Waals surface area contributed by atoms with E-state index in [1.54, 1.807) is 12.1 Å². The Balaban J connectivity index is 2.04. The normalized spacial score (nSPS) is 24.9.